The van der Waals surface area contributed by atoms with Crippen LogP contribution in [-0.4, -0.2) is 106 Å². The number of nitrogens with one attached hydrogen (secondary N) is 1. The van der Waals surface area contributed by atoms with E-state index in [9.17, 15) is 34.2 Å². The molecule has 1 amide bonds. The molecule has 2 bridgehead atoms. The molecule has 3 N–H and O–H groups in total. The van der Waals surface area contributed by atoms with Gasteiger partial charge in [-0.05, 0) is 88.7 Å². The van der Waals surface area contributed by atoms with E-state index in [0.29, 0.717) is 30.4 Å². The van der Waals surface area contributed by atoms with Gasteiger partial charge in [-0.25, -0.2) is 14.4 Å². The Morgan fingerprint density at radius 2 is 1.66 bits per heavy atom. The largest absolute Gasteiger partial charge is 0.458 e. The van der Waals surface area contributed by atoms with Crippen molar-refractivity contribution in [2.45, 2.75) is 174 Å². The number of esters is 4. The molecule has 13 atom stereocenters. The molecule has 4 fully saturated rings. The fraction of sp³-hybridized carbons (Fsp3) is 0.681. The van der Waals surface area contributed by atoms with Crippen LogP contribution in [0.1, 0.15) is 119 Å². The molecule has 4 aliphatic carbocycles. The van der Waals surface area contributed by atoms with Crippen molar-refractivity contribution in [3.63, 3.8) is 0 Å². The van der Waals surface area contributed by atoms with Gasteiger partial charge in [-0.1, -0.05) is 59.4 Å². The zero-order chi connectivity index (χ0) is 45.9. The highest BCUT2D eigenvalue weighted by Crippen LogP contribution is 2.70. The van der Waals surface area contributed by atoms with Gasteiger partial charge in [0.1, 0.15) is 35.1 Å². The summed E-state index contributed by atoms with van der Waals surface area (Å²) in [6, 6.07) is 7.16. The van der Waals surface area contributed by atoms with Crippen LogP contribution >= 0.6 is 0 Å². The summed E-state index contributed by atoms with van der Waals surface area (Å²) in [5.41, 5.74) is -6.15. The summed E-state index contributed by atoms with van der Waals surface area (Å²) in [6.07, 6.45) is -6.85. The molecule has 15 nitrogen and oxygen atoms in total. The highest BCUT2D eigenvalue weighted by atomic mass is 16.7. The van der Waals surface area contributed by atoms with Crippen LogP contribution in [0.4, 0.5) is 4.79 Å². The molecular weight excluding hydrogens is 803 g/mol. The first kappa shape index (κ1) is 47.2. The second-order valence-corrected chi connectivity index (χ2v) is 20.0. The molecule has 15 heteroatoms. The minimum absolute atomic E-state index is 0.0824. The molecule has 1 saturated heterocycles. The van der Waals surface area contributed by atoms with E-state index in [2.05, 4.69) is 11.9 Å². The molecule has 0 aromatic heterocycles. The summed E-state index contributed by atoms with van der Waals surface area (Å²) < 4.78 is 44.4. The van der Waals surface area contributed by atoms with Crippen LogP contribution in [0.25, 0.3) is 0 Å². The summed E-state index contributed by atoms with van der Waals surface area (Å²) in [5, 5.41) is 28.2. The van der Waals surface area contributed by atoms with E-state index in [1.54, 1.807) is 71.9 Å². The Morgan fingerprint density at radius 3 is 2.21 bits per heavy atom. The molecule has 342 valence electrons. The van der Waals surface area contributed by atoms with Crippen molar-refractivity contribution in [1.29, 1.82) is 0 Å². The van der Waals surface area contributed by atoms with Crippen LogP contribution in [0.3, 0.4) is 0 Å². The number of amides is 1. The lowest BCUT2D eigenvalue weighted by atomic mass is 9.40. The van der Waals surface area contributed by atoms with Crippen LogP contribution in [0.2, 0.25) is 0 Å². The maximum Gasteiger partial charge on any atom is 0.407 e. The number of aliphatic hydroxyl groups is 2. The van der Waals surface area contributed by atoms with Crippen molar-refractivity contribution in [3.05, 3.63) is 59.7 Å². The minimum Gasteiger partial charge on any atom is -0.458 e. The van der Waals surface area contributed by atoms with Gasteiger partial charge in [0.2, 0.25) is 0 Å². The van der Waals surface area contributed by atoms with Gasteiger partial charge in [-0.15, -0.1) is 0 Å². The molecular formula is C47H65NO14. The SMILES string of the molecule is C=C[C@H]1O[C@H]2C[C@H]3CC[C@@]3(OC(C)=O)[C@H]3[C@H](OC(=O)c4ccccc4)[C@]4(O)C[C@H](OC(=O)[C@H](O)[C@H](CC(C)C)NC(=O)OC(C)(C)C)C(C)=C([C@H](OC(C)=O)[C@H](O1)[C@]23C)C4(C)C. The Morgan fingerprint density at radius 1 is 1.00 bits per heavy atom. The maximum atomic E-state index is 14.5. The lowest BCUT2D eigenvalue weighted by Gasteiger charge is -2.71. The molecule has 5 aliphatic rings. The normalized spacial score (nSPS) is 35.5. The lowest BCUT2D eigenvalue weighted by Crippen LogP contribution is -2.81. The molecule has 0 unspecified atom stereocenters. The number of carbonyl (C=O) groups is 5. The van der Waals surface area contributed by atoms with Crippen molar-refractivity contribution in [1.82, 2.24) is 5.32 Å². The summed E-state index contributed by atoms with van der Waals surface area (Å²) in [6.45, 7) is 22.4. The number of fused-ring (bicyclic) bond motifs is 4. The van der Waals surface area contributed by atoms with Gasteiger partial charge in [0.25, 0.3) is 0 Å². The number of ether oxygens (including phenoxy) is 7. The molecule has 1 aromatic carbocycles. The molecule has 6 rings (SSSR count). The smallest absolute Gasteiger partial charge is 0.407 e. The molecule has 0 spiro atoms. The van der Waals surface area contributed by atoms with Crippen molar-refractivity contribution in [2.24, 2.45) is 28.6 Å². The molecule has 3 saturated carbocycles. The number of benzene rings is 1. The van der Waals surface area contributed by atoms with Crippen LogP contribution in [0.5, 0.6) is 0 Å². The number of carbonyl (C=O) groups excluding carboxylic acids is 5. The van der Waals surface area contributed by atoms with Gasteiger partial charge in [0.15, 0.2) is 18.5 Å². The summed E-state index contributed by atoms with van der Waals surface area (Å²) in [5.74, 6) is -4.56. The predicted octanol–water partition coefficient (Wildman–Crippen LogP) is 5.88. The van der Waals surface area contributed by atoms with Gasteiger partial charge < -0.3 is 48.7 Å². The Bertz CT molecular complexity index is 1960. The van der Waals surface area contributed by atoms with Crippen molar-refractivity contribution in [3.8, 4) is 0 Å². The van der Waals surface area contributed by atoms with E-state index in [0.717, 1.165) is 0 Å². The van der Waals surface area contributed by atoms with Crippen molar-refractivity contribution >= 4 is 30.0 Å². The van der Waals surface area contributed by atoms with E-state index in [1.165, 1.54) is 19.9 Å². The number of alkyl carbamates (subject to hydrolysis) is 1. The van der Waals surface area contributed by atoms with Crippen LogP contribution in [0, 0.1) is 28.6 Å². The van der Waals surface area contributed by atoms with Crippen LogP contribution in [0.15, 0.2) is 54.1 Å². The number of rotatable bonds is 11. The Labute approximate surface area is 364 Å². The summed E-state index contributed by atoms with van der Waals surface area (Å²) >= 11 is 0. The van der Waals surface area contributed by atoms with Crippen LogP contribution < -0.4 is 5.32 Å². The van der Waals surface area contributed by atoms with E-state index in [1.807, 2.05) is 20.8 Å². The number of hydrogen-bond donors (Lipinski definition) is 3. The fourth-order valence-electron chi connectivity index (χ4n) is 11.2. The van der Waals surface area contributed by atoms with E-state index in [4.69, 9.17) is 33.2 Å². The molecule has 1 aliphatic heterocycles. The average Bonchev–Trinajstić information content (AvgIpc) is 3.15. The average molecular weight is 868 g/mol. The van der Waals surface area contributed by atoms with Gasteiger partial charge in [-0.3, -0.25) is 9.59 Å². The Hall–Kier alpha value is -4.31. The third kappa shape index (κ3) is 8.30. The topological polar surface area (TPSA) is 202 Å². The Balaban J connectivity index is 1.57. The lowest BCUT2D eigenvalue weighted by molar-refractivity contribution is -0.380. The van der Waals surface area contributed by atoms with E-state index in [-0.39, 0.29) is 30.2 Å². The highest BCUT2D eigenvalue weighted by molar-refractivity contribution is 5.89. The standard InChI is InChI=1S/C47H65NO14/c1-13-33-58-32-22-29-19-20-46(29,61-27(6)50)37-39(60-40(52)28-17-15-14-16-18-28)47(55)23-31(57-41(53)35(51)30(21-24(2)3)48-42(54)62-43(7,8)9)25(4)34(44(47,10)11)36(56-26(5)49)38(59-33)45(32,37)12/h13-18,24,29-33,35-39,51,55H,1,19-23H2,2-12H3,(H,48,54)/t29-,30+,31+,32+,33+,35-,36+,37+,38+,39+,45-,46+,47-/m1/s1. The highest BCUT2D eigenvalue weighted by Gasteiger charge is 2.79. The molecule has 1 heterocycles. The van der Waals surface area contributed by atoms with Crippen molar-refractivity contribution < 1.29 is 67.3 Å². The van der Waals surface area contributed by atoms with Gasteiger partial charge >= 0.3 is 30.0 Å². The third-order valence-electron chi connectivity index (χ3n) is 14.0. The first-order chi connectivity index (χ1) is 28.8. The second-order valence-electron chi connectivity index (χ2n) is 20.0. The molecule has 1 aromatic rings. The second kappa shape index (κ2) is 17.0. The van der Waals surface area contributed by atoms with Gasteiger partial charge in [0.05, 0.1) is 17.7 Å². The summed E-state index contributed by atoms with van der Waals surface area (Å²) in [7, 11) is 0. The molecule has 0 radical (unpaired) electrons. The first-order valence-corrected chi connectivity index (χ1v) is 21.7. The number of aliphatic hydroxyl groups excluding tert-OH is 1. The Kier molecular flexibility index (Phi) is 12.9. The summed E-state index contributed by atoms with van der Waals surface area (Å²) in [4.78, 5) is 68.2. The first-order valence-electron chi connectivity index (χ1n) is 21.7. The van der Waals surface area contributed by atoms with E-state index >= 15 is 0 Å². The van der Waals surface area contributed by atoms with Crippen molar-refractivity contribution in [2.75, 3.05) is 0 Å². The predicted molar refractivity (Wildman–Crippen MR) is 223 cm³/mol. The monoisotopic (exact) mass is 867 g/mol. The van der Waals surface area contributed by atoms with Gasteiger partial charge in [-0.2, -0.15) is 0 Å². The minimum atomic E-state index is -2.17. The zero-order valence-electron chi connectivity index (χ0n) is 37.9. The van der Waals surface area contributed by atoms with Crippen LogP contribution in [-0.2, 0) is 47.5 Å². The maximum absolute atomic E-state index is 14.5. The number of hydrogen-bond acceptors (Lipinski definition) is 14. The zero-order valence-corrected chi connectivity index (χ0v) is 37.9. The van der Waals surface area contributed by atoms with Gasteiger partial charge in [0, 0.05) is 42.9 Å². The fourth-order valence-corrected chi connectivity index (χ4v) is 11.2. The quantitative estimate of drug-likeness (QED) is 0.135. The third-order valence-corrected chi connectivity index (χ3v) is 14.0. The molecule has 62 heavy (non-hydrogen) atoms. The van der Waals surface area contributed by atoms with E-state index < -0.39 is 112 Å².